The molecule has 0 fully saturated rings. The van der Waals surface area contributed by atoms with E-state index >= 15 is 0 Å². The van der Waals surface area contributed by atoms with Crippen LogP contribution in [0.1, 0.15) is 32.3 Å². The van der Waals surface area contributed by atoms with Gasteiger partial charge >= 0.3 is 0 Å². The molecule has 0 aliphatic rings. The number of hydrogen-bond donors (Lipinski definition) is 2. The second-order valence-corrected chi connectivity index (χ2v) is 5.00. The Morgan fingerprint density at radius 1 is 1.47 bits per heavy atom. The number of carbonyl (C=O) groups is 1. The zero-order valence-electron chi connectivity index (χ0n) is 12.0. The van der Waals surface area contributed by atoms with E-state index in [1.807, 2.05) is 19.1 Å². The molecule has 106 valence electrons. The molecule has 0 saturated carbocycles. The predicted molar refractivity (Wildman–Crippen MR) is 79.1 cm³/mol. The molecule has 4 heteroatoms. The van der Waals surface area contributed by atoms with Crippen molar-refractivity contribution in [1.82, 2.24) is 0 Å². The van der Waals surface area contributed by atoms with Crippen molar-refractivity contribution >= 4 is 17.3 Å². The highest BCUT2D eigenvalue weighted by molar-refractivity contribution is 5.95. The molecule has 1 rings (SSSR count). The molecule has 1 amide bonds. The second-order valence-electron chi connectivity index (χ2n) is 5.00. The fraction of sp³-hybridized carbons (Fsp3) is 0.533. The van der Waals surface area contributed by atoms with Gasteiger partial charge in [-0.3, -0.25) is 4.79 Å². The SMILES string of the molecule is CCCC(C)COCC(=O)Nc1c(C)cccc1N. The van der Waals surface area contributed by atoms with Gasteiger partial charge in [-0.1, -0.05) is 32.4 Å². The van der Waals surface area contributed by atoms with Gasteiger partial charge in [-0.15, -0.1) is 0 Å². The third-order valence-electron chi connectivity index (χ3n) is 2.99. The minimum Gasteiger partial charge on any atom is -0.397 e. The smallest absolute Gasteiger partial charge is 0.250 e. The molecule has 0 aromatic heterocycles. The molecule has 4 nitrogen and oxygen atoms in total. The van der Waals surface area contributed by atoms with Gasteiger partial charge in [0.25, 0.3) is 0 Å². The van der Waals surface area contributed by atoms with Crippen LogP contribution >= 0.6 is 0 Å². The molecule has 19 heavy (non-hydrogen) atoms. The molecule has 1 aromatic carbocycles. The molecule has 0 radical (unpaired) electrons. The number of nitrogens with two attached hydrogens (primary N) is 1. The summed E-state index contributed by atoms with van der Waals surface area (Å²) in [6, 6.07) is 5.55. The zero-order valence-corrected chi connectivity index (χ0v) is 12.0. The van der Waals surface area contributed by atoms with Crippen LogP contribution in [-0.4, -0.2) is 19.1 Å². The van der Waals surface area contributed by atoms with Crippen LogP contribution in [0.15, 0.2) is 18.2 Å². The Labute approximate surface area is 115 Å². The number of aryl methyl sites for hydroxylation is 1. The Balaban J connectivity index is 2.39. The van der Waals surface area contributed by atoms with Gasteiger partial charge in [-0.25, -0.2) is 0 Å². The number of amides is 1. The first-order valence-electron chi connectivity index (χ1n) is 6.77. The van der Waals surface area contributed by atoms with Crippen molar-refractivity contribution in [2.45, 2.75) is 33.6 Å². The molecule has 0 saturated heterocycles. The van der Waals surface area contributed by atoms with Crippen molar-refractivity contribution < 1.29 is 9.53 Å². The van der Waals surface area contributed by atoms with Gasteiger partial charge in [0.05, 0.1) is 11.4 Å². The number of rotatable bonds is 7. The Bertz CT molecular complexity index is 398. The number of nitrogens with one attached hydrogen (secondary N) is 1. The van der Waals surface area contributed by atoms with E-state index in [0.29, 0.717) is 23.9 Å². The summed E-state index contributed by atoms with van der Waals surface area (Å²) in [5.74, 6) is 0.325. The quantitative estimate of drug-likeness (QED) is 0.744. The van der Waals surface area contributed by atoms with Crippen LogP contribution < -0.4 is 11.1 Å². The summed E-state index contributed by atoms with van der Waals surface area (Å²) >= 11 is 0. The van der Waals surface area contributed by atoms with Gasteiger partial charge in [-0.2, -0.15) is 0 Å². The van der Waals surface area contributed by atoms with E-state index in [-0.39, 0.29) is 12.5 Å². The number of carbonyl (C=O) groups excluding carboxylic acids is 1. The normalized spacial score (nSPS) is 12.2. The van der Waals surface area contributed by atoms with E-state index in [4.69, 9.17) is 10.5 Å². The Morgan fingerprint density at radius 2 is 2.21 bits per heavy atom. The molecule has 0 aliphatic carbocycles. The van der Waals surface area contributed by atoms with Crippen LogP contribution in [0.3, 0.4) is 0 Å². The first-order chi connectivity index (χ1) is 9.04. The fourth-order valence-electron chi connectivity index (χ4n) is 1.97. The average molecular weight is 264 g/mol. The topological polar surface area (TPSA) is 64.3 Å². The van der Waals surface area contributed by atoms with Crippen LogP contribution in [-0.2, 0) is 9.53 Å². The minimum atomic E-state index is -0.162. The van der Waals surface area contributed by atoms with Gasteiger partial charge in [0.2, 0.25) is 5.91 Å². The van der Waals surface area contributed by atoms with Crippen LogP contribution in [0, 0.1) is 12.8 Å². The average Bonchev–Trinajstić information content (AvgIpc) is 2.34. The summed E-state index contributed by atoms with van der Waals surface area (Å²) < 4.78 is 5.41. The monoisotopic (exact) mass is 264 g/mol. The lowest BCUT2D eigenvalue weighted by molar-refractivity contribution is -0.121. The number of para-hydroxylation sites is 1. The van der Waals surface area contributed by atoms with Gasteiger partial charge < -0.3 is 15.8 Å². The summed E-state index contributed by atoms with van der Waals surface area (Å²) in [5.41, 5.74) is 8.04. The van der Waals surface area contributed by atoms with Gasteiger partial charge in [-0.05, 0) is 30.9 Å². The van der Waals surface area contributed by atoms with Crippen molar-refractivity contribution in [3.05, 3.63) is 23.8 Å². The van der Waals surface area contributed by atoms with E-state index < -0.39 is 0 Å². The standard InChI is InChI=1S/C15H24N2O2/c1-4-6-11(2)9-19-10-14(18)17-15-12(3)7-5-8-13(15)16/h5,7-8,11H,4,6,9-10,16H2,1-3H3,(H,17,18). The second kappa shape index (κ2) is 7.79. The molecule has 3 N–H and O–H groups in total. The summed E-state index contributed by atoms with van der Waals surface area (Å²) in [7, 11) is 0. The van der Waals surface area contributed by atoms with Crippen LogP contribution in [0.5, 0.6) is 0 Å². The van der Waals surface area contributed by atoms with E-state index in [0.717, 1.165) is 18.4 Å². The molecular weight excluding hydrogens is 240 g/mol. The summed E-state index contributed by atoms with van der Waals surface area (Å²) in [6.07, 6.45) is 2.25. The Hall–Kier alpha value is -1.55. The zero-order chi connectivity index (χ0) is 14.3. The minimum absolute atomic E-state index is 0.0713. The third-order valence-corrected chi connectivity index (χ3v) is 2.99. The molecule has 1 aromatic rings. The highest BCUT2D eigenvalue weighted by Gasteiger charge is 2.08. The lowest BCUT2D eigenvalue weighted by Crippen LogP contribution is -2.21. The summed E-state index contributed by atoms with van der Waals surface area (Å²) in [5, 5.41) is 2.80. The predicted octanol–water partition coefficient (Wildman–Crippen LogP) is 2.97. The number of benzene rings is 1. The van der Waals surface area contributed by atoms with Gasteiger partial charge in [0, 0.05) is 6.61 Å². The van der Waals surface area contributed by atoms with E-state index in [1.54, 1.807) is 6.07 Å². The van der Waals surface area contributed by atoms with E-state index in [9.17, 15) is 4.79 Å². The van der Waals surface area contributed by atoms with Crippen molar-refractivity contribution in [1.29, 1.82) is 0 Å². The maximum Gasteiger partial charge on any atom is 0.250 e. The maximum absolute atomic E-state index is 11.8. The van der Waals surface area contributed by atoms with E-state index in [1.165, 1.54) is 0 Å². The fourth-order valence-corrected chi connectivity index (χ4v) is 1.97. The molecule has 1 unspecified atom stereocenters. The maximum atomic E-state index is 11.8. The van der Waals surface area contributed by atoms with Crippen molar-refractivity contribution in [2.75, 3.05) is 24.3 Å². The first-order valence-corrected chi connectivity index (χ1v) is 6.77. The highest BCUT2D eigenvalue weighted by Crippen LogP contribution is 2.22. The van der Waals surface area contributed by atoms with Gasteiger partial charge in [0.1, 0.15) is 6.61 Å². The molecule has 1 atom stereocenters. The number of ether oxygens (including phenoxy) is 1. The number of nitrogen functional groups attached to an aromatic ring is 1. The van der Waals surface area contributed by atoms with Crippen LogP contribution in [0.2, 0.25) is 0 Å². The van der Waals surface area contributed by atoms with Gasteiger partial charge in [0.15, 0.2) is 0 Å². The summed E-state index contributed by atoms with van der Waals surface area (Å²) in [4.78, 5) is 11.8. The largest absolute Gasteiger partial charge is 0.397 e. The van der Waals surface area contributed by atoms with Crippen LogP contribution in [0.25, 0.3) is 0 Å². The molecule has 0 aliphatic heterocycles. The molecule has 0 spiro atoms. The molecular formula is C15H24N2O2. The van der Waals surface area contributed by atoms with Crippen molar-refractivity contribution in [3.8, 4) is 0 Å². The van der Waals surface area contributed by atoms with Crippen LogP contribution in [0.4, 0.5) is 11.4 Å². The highest BCUT2D eigenvalue weighted by atomic mass is 16.5. The van der Waals surface area contributed by atoms with E-state index in [2.05, 4.69) is 19.2 Å². The lowest BCUT2D eigenvalue weighted by atomic mass is 10.1. The molecule has 0 bridgehead atoms. The number of anilines is 2. The van der Waals surface area contributed by atoms with Crippen molar-refractivity contribution in [3.63, 3.8) is 0 Å². The third kappa shape index (κ3) is 5.30. The Kier molecular flexibility index (Phi) is 6.36. The summed E-state index contributed by atoms with van der Waals surface area (Å²) in [6.45, 7) is 6.87. The lowest BCUT2D eigenvalue weighted by Gasteiger charge is -2.13. The molecule has 0 heterocycles. The first kappa shape index (κ1) is 15.5. The Morgan fingerprint density at radius 3 is 2.84 bits per heavy atom. The number of hydrogen-bond acceptors (Lipinski definition) is 3. The van der Waals surface area contributed by atoms with Crippen molar-refractivity contribution in [2.24, 2.45) is 5.92 Å².